The number of aliphatic hydroxyl groups is 8. The molecule has 14 heteroatoms. The first kappa shape index (κ1) is 81.7. The van der Waals surface area contributed by atoms with E-state index in [9.17, 15) is 45.6 Å². The van der Waals surface area contributed by atoms with Crippen LogP contribution in [0.25, 0.3) is 0 Å². The van der Waals surface area contributed by atoms with Crippen LogP contribution < -0.4 is 5.32 Å². The molecule has 12 atom stereocenters. The van der Waals surface area contributed by atoms with Gasteiger partial charge in [0, 0.05) is 6.42 Å². The number of nitrogens with one attached hydrogen (secondary N) is 1. The lowest BCUT2D eigenvalue weighted by Gasteiger charge is -2.46. The van der Waals surface area contributed by atoms with Crippen molar-refractivity contribution in [2.75, 3.05) is 19.8 Å². The highest BCUT2D eigenvalue weighted by atomic mass is 16.7. The Labute approximate surface area is 540 Å². The molecule has 2 saturated heterocycles. The van der Waals surface area contributed by atoms with Crippen molar-refractivity contribution in [3.8, 4) is 0 Å². The second-order valence-corrected chi connectivity index (χ2v) is 24.6. The fourth-order valence-corrected chi connectivity index (χ4v) is 11.1. The number of aliphatic hydroxyl groups excluding tert-OH is 8. The van der Waals surface area contributed by atoms with Crippen molar-refractivity contribution in [3.05, 3.63) is 109 Å². The van der Waals surface area contributed by atoms with E-state index in [0.29, 0.717) is 12.8 Å². The molecule has 0 radical (unpaired) electrons. The van der Waals surface area contributed by atoms with E-state index in [-0.39, 0.29) is 18.9 Å². The largest absolute Gasteiger partial charge is 0.394 e. The lowest BCUT2D eigenvalue weighted by molar-refractivity contribution is -0.359. The quantitative estimate of drug-likeness (QED) is 0.0204. The minimum atomic E-state index is -1.79. The molecular weight excluding hydrogens is 1120 g/mol. The lowest BCUT2D eigenvalue weighted by atomic mass is 9.97. The number of carbonyl (C=O) groups excluding carboxylic acids is 1. The average molecular weight is 1250 g/mol. The maximum Gasteiger partial charge on any atom is 0.220 e. The van der Waals surface area contributed by atoms with Gasteiger partial charge in [0.2, 0.25) is 5.91 Å². The first-order valence-electron chi connectivity index (χ1n) is 35.6. The minimum Gasteiger partial charge on any atom is -0.394 e. The third kappa shape index (κ3) is 42.5. The number of allylic oxidation sites excluding steroid dienone is 18. The summed E-state index contributed by atoms with van der Waals surface area (Å²) in [6, 6.07) is -0.844. The Hall–Kier alpha value is -3.35. The summed E-state index contributed by atoms with van der Waals surface area (Å²) < 4.78 is 22.9. The summed E-state index contributed by atoms with van der Waals surface area (Å²) in [5.74, 6) is -0.220. The van der Waals surface area contributed by atoms with Crippen LogP contribution >= 0.6 is 0 Å². The Morgan fingerprint density at radius 2 is 0.775 bits per heavy atom. The predicted octanol–water partition coefficient (Wildman–Crippen LogP) is 14.7. The van der Waals surface area contributed by atoms with Gasteiger partial charge in [0.05, 0.1) is 32.0 Å². The molecular formula is C75H129NO13. The molecule has 512 valence electrons. The molecule has 0 aromatic heterocycles. The molecule has 2 heterocycles. The van der Waals surface area contributed by atoms with Crippen LogP contribution in [-0.2, 0) is 23.7 Å². The molecule has 1 amide bonds. The Balaban J connectivity index is 1.67. The van der Waals surface area contributed by atoms with Crippen molar-refractivity contribution in [1.82, 2.24) is 5.32 Å². The van der Waals surface area contributed by atoms with Crippen molar-refractivity contribution in [2.45, 2.75) is 338 Å². The van der Waals surface area contributed by atoms with E-state index >= 15 is 0 Å². The Kier molecular flexibility index (Phi) is 53.7. The third-order valence-electron chi connectivity index (χ3n) is 16.8. The van der Waals surface area contributed by atoms with E-state index in [1.807, 2.05) is 0 Å². The molecule has 2 aliphatic heterocycles. The van der Waals surface area contributed by atoms with Gasteiger partial charge in [0.25, 0.3) is 0 Å². The zero-order valence-corrected chi connectivity index (χ0v) is 55.6. The summed E-state index contributed by atoms with van der Waals surface area (Å²) >= 11 is 0. The van der Waals surface area contributed by atoms with Gasteiger partial charge < -0.3 is 65.1 Å². The van der Waals surface area contributed by atoms with Crippen LogP contribution in [0.4, 0.5) is 0 Å². The van der Waals surface area contributed by atoms with Crippen LogP contribution in [0.15, 0.2) is 109 Å². The highest BCUT2D eigenvalue weighted by Gasteiger charge is 2.51. The number of carbonyl (C=O) groups is 1. The highest BCUT2D eigenvalue weighted by molar-refractivity contribution is 5.76. The first-order chi connectivity index (χ1) is 43.6. The van der Waals surface area contributed by atoms with Gasteiger partial charge in [-0.2, -0.15) is 0 Å². The second-order valence-electron chi connectivity index (χ2n) is 24.6. The van der Waals surface area contributed by atoms with Gasteiger partial charge in [-0.15, -0.1) is 0 Å². The van der Waals surface area contributed by atoms with Gasteiger partial charge in [0.1, 0.15) is 48.8 Å². The molecule has 0 aromatic carbocycles. The summed E-state index contributed by atoms with van der Waals surface area (Å²) in [7, 11) is 0. The molecule has 0 saturated carbocycles. The Morgan fingerprint density at radius 3 is 1.19 bits per heavy atom. The number of amides is 1. The van der Waals surface area contributed by atoms with Crippen molar-refractivity contribution >= 4 is 5.91 Å². The molecule has 2 fully saturated rings. The molecule has 89 heavy (non-hydrogen) atoms. The monoisotopic (exact) mass is 1250 g/mol. The smallest absolute Gasteiger partial charge is 0.220 e. The number of ether oxygens (including phenoxy) is 4. The fourth-order valence-electron chi connectivity index (χ4n) is 11.1. The number of rotatable bonds is 57. The third-order valence-corrected chi connectivity index (χ3v) is 16.8. The lowest BCUT2D eigenvalue weighted by Crippen LogP contribution is -2.65. The van der Waals surface area contributed by atoms with Gasteiger partial charge in [-0.3, -0.25) is 4.79 Å². The van der Waals surface area contributed by atoms with Crippen LogP contribution in [0.2, 0.25) is 0 Å². The van der Waals surface area contributed by atoms with E-state index in [2.05, 4.69) is 129 Å². The summed E-state index contributed by atoms with van der Waals surface area (Å²) in [6.07, 6.45) is 66.6. The molecule has 9 N–H and O–H groups in total. The second kappa shape index (κ2) is 58.5. The standard InChI is InChI=1S/C75H129NO13/c1-3-5-7-9-11-13-15-17-19-21-23-25-26-27-28-29-30-31-32-33-34-35-36-37-38-39-41-43-45-47-49-51-53-55-57-59-67(80)76-63(64(79)58-56-54-52-50-48-46-44-42-40-24-22-20-18-16-14-12-10-8-6-4-2)62-86-74-72(85)70(83)73(66(61-78)88-74)89-75-71(84)69(82)68(81)65(60-77)87-75/h5,7,11,13,17,19,23,25,27-28,30-31,33-34,36-37,39,41,63-66,68-75,77-79,81-85H,3-4,6,8-10,12,14-16,18,20-22,24,26,29,32,35,38,40,42-62H2,1-2H3,(H,76,80)/b7-5-,13-11-,19-17-,25-23-,28-27-,31-30-,34-33-,37-36-,41-39-. The van der Waals surface area contributed by atoms with Crippen molar-refractivity contribution in [1.29, 1.82) is 0 Å². The summed E-state index contributed by atoms with van der Waals surface area (Å²) in [4.78, 5) is 13.4. The van der Waals surface area contributed by atoms with E-state index in [1.165, 1.54) is 109 Å². The van der Waals surface area contributed by atoms with E-state index in [0.717, 1.165) is 122 Å². The molecule has 0 spiro atoms. The topological polar surface area (TPSA) is 228 Å². The first-order valence-corrected chi connectivity index (χ1v) is 35.6. The minimum absolute atomic E-state index is 0.220. The molecule has 0 aromatic rings. The Morgan fingerprint density at radius 1 is 0.416 bits per heavy atom. The SMILES string of the molecule is CC/C=C\C/C=C\C/C=C\C/C=C\C/C=C\C/C=C\C/C=C\C/C=C\C/C=C\CCCCCCCCCC(=O)NC(COC1OC(CO)C(OC2OC(CO)C(O)C(O)C2O)C(O)C1O)C(O)CCCCCCCCCCCCCCCCCCCCCC. The van der Waals surface area contributed by atoms with Gasteiger partial charge >= 0.3 is 0 Å². The maximum absolute atomic E-state index is 13.4. The normalized spacial score (nSPS) is 23.7. The maximum atomic E-state index is 13.4. The molecule has 14 nitrogen and oxygen atoms in total. The molecule has 0 aliphatic carbocycles. The van der Waals surface area contributed by atoms with Gasteiger partial charge in [-0.05, 0) is 83.5 Å². The fraction of sp³-hybridized carbons (Fsp3) is 0.747. The summed E-state index contributed by atoms with van der Waals surface area (Å²) in [5, 5.41) is 87.6. The van der Waals surface area contributed by atoms with Gasteiger partial charge in [0.15, 0.2) is 12.6 Å². The summed E-state index contributed by atoms with van der Waals surface area (Å²) in [5.41, 5.74) is 0. The van der Waals surface area contributed by atoms with Gasteiger partial charge in [-0.1, -0.05) is 284 Å². The number of unbranched alkanes of at least 4 members (excludes halogenated alkanes) is 26. The van der Waals surface area contributed by atoms with Crippen LogP contribution in [0.3, 0.4) is 0 Å². The zero-order chi connectivity index (χ0) is 64.5. The van der Waals surface area contributed by atoms with E-state index < -0.39 is 86.8 Å². The molecule has 12 unspecified atom stereocenters. The van der Waals surface area contributed by atoms with E-state index in [1.54, 1.807) is 0 Å². The average Bonchev–Trinajstić information content (AvgIpc) is 3.62. The van der Waals surface area contributed by atoms with Crippen LogP contribution in [-0.4, -0.2) is 140 Å². The zero-order valence-electron chi connectivity index (χ0n) is 55.6. The number of hydrogen-bond donors (Lipinski definition) is 9. The van der Waals surface area contributed by atoms with Crippen molar-refractivity contribution < 1.29 is 64.6 Å². The van der Waals surface area contributed by atoms with E-state index in [4.69, 9.17) is 18.9 Å². The van der Waals surface area contributed by atoms with Crippen molar-refractivity contribution in [3.63, 3.8) is 0 Å². The predicted molar refractivity (Wildman–Crippen MR) is 364 cm³/mol. The molecule has 0 bridgehead atoms. The summed E-state index contributed by atoms with van der Waals surface area (Å²) in [6.45, 7) is 2.76. The van der Waals surface area contributed by atoms with Crippen LogP contribution in [0.5, 0.6) is 0 Å². The van der Waals surface area contributed by atoms with Gasteiger partial charge in [-0.25, -0.2) is 0 Å². The molecule has 2 aliphatic rings. The number of hydrogen-bond acceptors (Lipinski definition) is 13. The molecule has 2 rings (SSSR count). The van der Waals surface area contributed by atoms with Crippen LogP contribution in [0.1, 0.15) is 264 Å². The van der Waals surface area contributed by atoms with Crippen molar-refractivity contribution in [2.24, 2.45) is 0 Å². The Bertz CT molecular complexity index is 1910. The highest BCUT2D eigenvalue weighted by Crippen LogP contribution is 2.30. The van der Waals surface area contributed by atoms with Crippen LogP contribution in [0, 0.1) is 0 Å².